The first-order valence-electron chi connectivity index (χ1n) is 4.51. The smallest absolute Gasteiger partial charge is 0.208 e. The maximum absolute atomic E-state index is 12.1. The molecule has 0 N–H and O–H groups in total. The molecule has 0 spiro atoms. The molecule has 0 unspecified atom stereocenters. The van der Waals surface area contributed by atoms with E-state index in [9.17, 15) is 8.42 Å². The van der Waals surface area contributed by atoms with E-state index in [1.165, 1.54) is 12.3 Å². The van der Waals surface area contributed by atoms with Gasteiger partial charge in [0, 0.05) is 16.9 Å². The molecule has 2 aromatic rings. The van der Waals surface area contributed by atoms with E-state index < -0.39 is 9.84 Å². The maximum atomic E-state index is 12.1. The molecule has 3 nitrogen and oxygen atoms in total. The average Bonchev–Trinajstić information content (AvgIpc) is 2.30. The minimum Gasteiger partial charge on any atom is -0.262 e. The molecule has 0 fully saturated rings. The third-order valence-electron chi connectivity index (χ3n) is 2.04. The summed E-state index contributed by atoms with van der Waals surface area (Å²) in [7, 11) is -3.45. The van der Waals surface area contributed by atoms with E-state index in [1.54, 1.807) is 36.5 Å². The minimum atomic E-state index is -3.45. The Bertz CT molecular complexity index is 596. The van der Waals surface area contributed by atoms with Gasteiger partial charge in [0.2, 0.25) is 9.84 Å². The third-order valence-corrected chi connectivity index (χ3v) is 4.21. The summed E-state index contributed by atoms with van der Waals surface area (Å²) in [5, 5.41) is 0. The van der Waals surface area contributed by atoms with Crippen LogP contribution in [0, 0.1) is 0 Å². The lowest BCUT2D eigenvalue weighted by Crippen LogP contribution is -2.02. The number of aromatic nitrogens is 1. The van der Waals surface area contributed by atoms with E-state index in [1.807, 2.05) is 0 Å². The van der Waals surface area contributed by atoms with Gasteiger partial charge in [-0.1, -0.05) is 18.2 Å². The second kappa shape index (κ2) is 4.35. The molecule has 2 rings (SSSR count). The zero-order valence-electron chi connectivity index (χ0n) is 8.17. The van der Waals surface area contributed by atoms with Crippen LogP contribution in [0.15, 0.2) is 63.1 Å². The molecule has 16 heavy (non-hydrogen) atoms. The van der Waals surface area contributed by atoms with Gasteiger partial charge in [-0.25, -0.2) is 8.42 Å². The number of rotatable bonds is 2. The molecule has 0 bridgehead atoms. The molecule has 1 heterocycles. The van der Waals surface area contributed by atoms with Crippen LogP contribution < -0.4 is 0 Å². The highest BCUT2D eigenvalue weighted by atomic mass is 79.9. The molecule has 5 heteroatoms. The van der Waals surface area contributed by atoms with Crippen molar-refractivity contribution in [2.45, 2.75) is 9.79 Å². The van der Waals surface area contributed by atoms with Gasteiger partial charge in [0.05, 0.1) is 9.79 Å². The summed E-state index contributed by atoms with van der Waals surface area (Å²) >= 11 is 3.20. The van der Waals surface area contributed by atoms with Crippen LogP contribution >= 0.6 is 15.9 Å². The van der Waals surface area contributed by atoms with E-state index in [2.05, 4.69) is 20.9 Å². The highest BCUT2D eigenvalue weighted by Crippen LogP contribution is 2.21. The Morgan fingerprint density at radius 3 is 2.31 bits per heavy atom. The topological polar surface area (TPSA) is 47.0 Å². The lowest BCUT2D eigenvalue weighted by Gasteiger charge is -2.03. The molecule has 0 saturated heterocycles. The molecule has 0 atom stereocenters. The number of halogens is 1. The van der Waals surface area contributed by atoms with Gasteiger partial charge in [0.1, 0.15) is 0 Å². The van der Waals surface area contributed by atoms with Crippen LogP contribution in [-0.2, 0) is 9.84 Å². The van der Waals surface area contributed by atoms with Crippen LogP contribution in [0.5, 0.6) is 0 Å². The Balaban J connectivity index is 2.56. The van der Waals surface area contributed by atoms with Crippen molar-refractivity contribution in [1.82, 2.24) is 4.98 Å². The van der Waals surface area contributed by atoms with E-state index in [0.717, 1.165) is 0 Å². The van der Waals surface area contributed by atoms with Crippen LogP contribution in [-0.4, -0.2) is 13.4 Å². The number of benzene rings is 1. The Morgan fingerprint density at radius 1 is 1.00 bits per heavy atom. The molecular formula is C11H8BrNO2S. The van der Waals surface area contributed by atoms with E-state index in [4.69, 9.17) is 0 Å². The molecule has 0 radical (unpaired) electrons. The Kier molecular flexibility index (Phi) is 3.07. The fourth-order valence-electron chi connectivity index (χ4n) is 1.28. The summed E-state index contributed by atoms with van der Waals surface area (Å²) in [6, 6.07) is 9.83. The summed E-state index contributed by atoms with van der Waals surface area (Å²) < 4.78 is 24.9. The predicted molar refractivity (Wildman–Crippen MR) is 63.8 cm³/mol. The zero-order chi connectivity index (χ0) is 11.6. The standard InChI is InChI=1S/C11H8BrNO2S/c12-9-6-11(8-13-7-9)16(14,15)10-4-2-1-3-5-10/h1-8H. The number of hydrogen-bond acceptors (Lipinski definition) is 3. The molecule has 0 aliphatic rings. The molecule has 1 aromatic heterocycles. The molecule has 0 aliphatic heterocycles. The maximum Gasteiger partial charge on any atom is 0.208 e. The summed E-state index contributed by atoms with van der Waals surface area (Å²) in [5.74, 6) is 0. The Hall–Kier alpha value is -1.20. The molecule has 0 saturated carbocycles. The van der Waals surface area contributed by atoms with E-state index >= 15 is 0 Å². The summed E-state index contributed by atoms with van der Waals surface area (Å²) in [4.78, 5) is 4.31. The number of hydrogen-bond donors (Lipinski definition) is 0. The van der Waals surface area contributed by atoms with Gasteiger partial charge in [-0.15, -0.1) is 0 Å². The first-order valence-corrected chi connectivity index (χ1v) is 6.79. The quantitative estimate of drug-likeness (QED) is 0.856. The molecule has 0 aliphatic carbocycles. The van der Waals surface area contributed by atoms with E-state index in [-0.39, 0.29) is 9.79 Å². The summed E-state index contributed by atoms with van der Waals surface area (Å²) in [5.41, 5.74) is 0. The van der Waals surface area contributed by atoms with E-state index in [0.29, 0.717) is 4.47 Å². The van der Waals surface area contributed by atoms with Gasteiger partial charge >= 0.3 is 0 Å². The van der Waals surface area contributed by atoms with Crippen molar-refractivity contribution in [3.63, 3.8) is 0 Å². The molecule has 0 amide bonds. The van der Waals surface area contributed by atoms with Crippen molar-refractivity contribution in [1.29, 1.82) is 0 Å². The number of pyridine rings is 1. The van der Waals surface area contributed by atoms with Crippen LogP contribution in [0.4, 0.5) is 0 Å². The Labute approximate surface area is 102 Å². The summed E-state index contributed by atoms with van der Waals surface area (Å²) in [6.07, 6.45) is 2.89. The predicted octanol–water partition coefficient (Wildman–Crippen LogP) is 2.68. The van der Waals surface area contributed by atoms with Crippen LogP contribution in [0.2, 0.25) is 0 Å². The van der Waals surface area contributed by atoms with Gasteiger partial charge in [0.25, 0.3) is 0 Å². The normalized spacial score (nSPS) is 11.3. The molecule has 82 valence electrons. The first kappa shape index (κ1) is 11.3. The zero-order valence-corrected chi connectivity index (χ0v) is 10.6. The lowest BCUT2D eigenvalue weighted by atomic mass is 10.4. The van der Waals surface area contributed by atoms with Crippen molar-refractivity contribution in [3.8, 4) is 0 Å². The van der Waals surface area contributed by atoms with Gasteiger partial charge in [-0.2, -0.15) is 0 Å². The largest absolute Gasteiger partial charge is 0.262 e. The number of sulfone groups is 1. The summed E-state index contributed by atoms with van der Waals surface area (Å²) in [6.45, 7) is 0. The van der Waals surface area contributed by atoms with Crippen molar-refractivity contribution < 1.29 is 8.42 Å². The fraction of sp³-hybridized carbons (Fsp3) is 0. The molecular weight excluding hydrogens is 290 g/mol. The van der Waals surface area contributed by atoms with Crippen molar-refractivity contribution in [3.05, 3.63) is 53.3 Å². The second-order valence-corrected chi connectivity index (χ2v) is 6.02. The number of nitrogens with zero attached hydrogens (tertiary/aromatic N) is 1. The third kappa shape index (κ3) is 2.15. The van der Waals surface area contributed by atoms with Crippen LogP contribution in [0.25, 0.3) is 0 Å². The van der Waals surface area contributed by atoms with Crippen molar-refractivity contribution >= 4 is 25.8 Å². The van der Waals surface area contributed by atoms with Crippen molar-refractivity contribution in [2.75, 3.05) is 0 Å². The lowest BCUT2D eigenvalue weighted by molar-refractivity contribution is 0.595. The highest BCUT2D eigenvalue weighted by molar-refractivity contribution is 9.10. The SMILES string of the molecule is O=S(=O)(c1ccccc1)c1cncc(Br)c1. The first-order chi connectivity index (χ1) is 7.60. The second-order valence-electron chi connectivity index (χ2n) is 3.16. The molecule has 1 aromatic carbocycles. The van der Waals surface area contributed by atoms with Gasteiger partial charge < -0.3 is 0 Å². The van der Waals surface area contributed by atoms with Gasteiger partial charge in [-0.3, -0.25) is 4.98 Å². The van der Waals surface area contributed by atoms with Crippen LogP contribution in [0.1, 0.15) is 0 Å². The van der Waals surface area contributed by atoms with Gasteiger partial charge in [0.15, 0.2) is 0 Å². The van der Waals surface area contributed by atoms with Gasteiger partial charge in [-0.05, 0) is 34.1 Å². The highest BCUT2D eigenvalue weighted by Gasteiger charge is 2.17. The van der Waals surface area contributed by atoms with Crippen LogP contribution in [0.3, 0.4) is 0 Å². The average molecular weight is 298 g/mol. The minimum absolute atomic E-state index is 0.188. The fourth-order valence-corrected chi connectivity index (χ4v) is 3.06. The monoisotopic (exact) mass is 297 g/mol. The van der Waals surface area contributed by atoms with Crippen molar-refractivity contribution in [2.24, 2.45) is 0 Å². The Morgan fingerprint density at radius 2 is 1.69 bits per heavy atom.